The van der Waals surface area contributed by atoms with Gasteiger partial charge in [-0.15, -0.1) is 0 Å². The zero-order valence-corrected chi connectivity index (χ0v) is 12.4. The molecule has 5 heteroatoms. The van der Waals surface area contributed by atoms with E-state index < -0.39 is 12.0 Å². The first-order valence-corrected chi connectivity index (χ1v) is 8.05. The maximum atomic E-state index is 13.8. The SMILES string of the molecule is CN(CC1CC1)[C@H]1CCN([C@H]2CCCC(F)(F)[C@@H]2N)C1. The molecule has 3 rings (SSSR count). The first-order chi connectivity index (χ1) is 9.47. The van der Waals surface area contributed by atoms with Crippen LogP contribution in [0.4, 0.5) is 8.78 Å². The summed E-state index contributed by atoms with van der Waals surface area (Å²) in [5.41, 5.74) is 5.84. The van der Waals surface area contributed by atoms with Gasteiger partial charge in [0.25, 0.3) is 5.92 Å². The van der Waals surface area contributed by atoms with E-state index in [1.165, 1.54) is 19.4 Å². The maximum Gasteiger partial charge on any atom is 0.264 e. The molecule has 1 saturated heterocycles. The molecule has 1 aliphatic heterocycles. The molecule has 0 spiro atoms. The summed E-state index contributed by atoms with van der Waals surface area (Å²) in [6.07, 6.45) is 5.21. The van der Waals surface area contributed by atoms with E-state index in [4.69, 9.17) is 5.73 Å². The van der Waals surface area contributed by atoms with E-state index in [0.717, 1.165) is 31.8 Å². The predicted molar refractivity (Wildman–Crippen MR) is 75.9 cm³/mol. The monoisotopic (exact) mass is 287 g/mol. The van der Waals surface area contributed by atoms with Crippen LogP contribution in [0.1, 0.15) is 38.5 Å². The number of likely N-dealkylation sites (N-methyl/N-ethyl adjacent to an activating group) is 1. The average molecular weight is 287 g/mol. The Morgan fingerprint density at radius 2 is 2.00 bits per heavy atom. The van der Waals surface area contributed by atoms with Gasteiger partial charge in [0.15, 0.2) is 0 Å². The number of alkyl halides is 2. The van der Waals surface area contributed by atoms with Crippen LogP contribution in [0.5, 0.6) is 0 Å². The standard InChI is InChI=1S/C15H27F2N3/c1-19(9-11-4-5-11)12-6-8-20(10-12)13-3-2-7-15(16,17)14(13)18/h11-14H,2-10,18H2,1H3/t12-,13-,14+/m0/s1. The van der Waals surface area contributed by atoms with Crippen LogP contribution in [-0.2, 0) is 0 Å². The number of nitrogens with two attached hydrogens (primary N) is 1. The van der Waals surface area contributed by atoms with Crippen LogP contribution in [0.25, 0.3) is 0 Å². The van der Waals surface area contributed by atoms with Gasteiger partial charge in [-0.05, 0) is 45.1 Å². The Bertz CT molecular complexity index is 346. The van der Waals surface area contributed by atoms with Gasteiger partial charge >= 0.3 is 0 Å². The molecule has 3 fully saturated rings. The Hall–Kier alpha value is -0.260. The largest absolute Gasteiger partial charge is 0.321 e. The summed E-state index contributed by atoms with van der Waals surface area (Å²) in [4.78, 5) is 4.66. The zero-order chi connectivity index (χ0) is 14.3. The molecule has 2 aliphatic carbocycles. The molecule has 0 unspecified atom stereocenters. The van der Waals surface area contributed by atoms with Crippen molar-refractivity contribution < 1.29 is 8.78 Å². The van der Waals surface area contributed by atoms with Crippen molar-refractivity contribution in [3.63, 3.8) is 0 Å². The highest BCUT2D eigenvalue weighted by Gasteiger charge is 2.47. The van der Waals surface area contributed by atoms with Crippen LogP contribution in [0.15, 0.2) is 0 Å². The minimum Gasteiger partial charge on any atom is -0.321 e. The Labute approximate surface area is 120 Å². The molecule has 3 aliphatic rings. The minimum atomic E-state index is -2.68. The lowest BCUT2D eigenvalue weighted by atomic mass is 9.86. The van der Waals surface area contributed by atoms with Crippen molar-refractivity contribution in [3.05, 3.63) is 0 Å². The molecule has 2 saturated carbocycles. The van der Waals surface area contributed by atoms with Gasteiger partial charge in [-0.2, -0.15) is 0 Å². The smallest absolute Gasteiger partial charge is 0.264 e. The summed E-state index contributed by atoms with van der Waals surface area (Å²) in [7, 11) is 2.18. The molecule has 3 atom stereocenters. The molecule has 0 aromatic rings. The second-order valence-electron chi connectivity index (χ2n) is 7.07. The summed E-state index contributed by atoms with van der Waals surface area (Å²) in [5.74, 6) is -1.80. The summed E-state index contributed by atoms with van der Waals surface area (Å²) in [5, 5.41) is 0. The Kier molecular flexibility index (Phi) is 4.04. The van der Waals surface area contributed by atoms with Gasteiger partial charge < -0.3 is 10.6 Å². The Balaban J connectivity index is 1.55. The van der Waals surface area contributed by atoms with Crippen molar-refractivity contribution in [1.82, 2.24) is 9.80 Å². The number of halogens is 2. The fourth-order valence-corrected chi connectivity index (χ4v) is 3.87. The second-order valence-corrected chi connectivity index (χ2v) is 7.07. The van der Waals surface area contributed by atoms with Crippen LogP contribution in [-0.4, -0.2) is 60.5 Å². The molecule has 0 bridgehead atoms. The van der Waals surface area contributed by atoms with Crippen LogP contribution in [0.3, 0.4) is 0 Å². The molecule has 0 radical (unpaired) electrons. The fourth-order valence-electron chi connectivity index (χ4n) is 3.87. The third-order valence-electron chi connectivity index (χ3n) is 5.44. The van der Waals surface area contributed by atoms with Crippen LogP contribution in [0.2, 0.25) is 0 Å². The molecule has 0 aromatic heterocycles. The van der Waals surface area contributed by atoms with Gasteiger partial charge in [-0.3, -0.25) is 4.90 Å². The number of likely N-dealkylation sites (tertiary alicyclic amines) is 1. The van der Waals surface area contributed by atoms with Gasteiger partial charge in [0, 0.05) is 38.1 Å². The van der Waals surface area contributed by atoms with Gasteiger partial charge in [-0.1, -0.05) is 0 Å². The summed E-state index contributed by atoms with van der Waals surface area (Å²) in [6.45, 7) is 3.01. The fraction of sp³-hybridized carbons (Fsp3) is 1.00. The number of rotatable bonds is 4. The molecule has 0 aromatic carbocycles. The zero-order valence-electron chi connectivity index (χ0n) is 12.4. The van der Waals surface area contributed by atoms with Crippen molar-refractivity contribution in [1.29, 1.82) is 0 Å². The molecular formula is C15H27F2N3. The third-order valence-corrected chi connectivity index (χ3v) is 5.44. The van der Waals surface area contributed by atoms with Gasteiger partial charge in [0.1, 0.15) is 0 Å². The lowest BCUT2D eigenvalue weighted by molar-refractivity contribution is -0.0802. The first-order valence-electron chi connectivity index (χ1n) is 8.05. The van der Waals surface area contributed by atoms with Gasteiger partial charge in [0.2, 0.25) is 0 Å². The highest BCUT2D eigenvalue weighted by atomic mass is 19.3. The average Bonchev–Trinajstić information content (AvgIpc) is 3.06. The van der Waals surface area contributed by atoms with E-state index >= 15 is 0 Å². The Morgan fingerprint density at radius 3 is 2.70 bits per heavy atom. The summed E-state index contributed by atoms with van der Waals surface area (Å²) < 4.78 is 27.6. The molecular weight excluding hydrogens is 260 g/mol. The van der Waals surface area contributed by atoms with Crippen molar-refractivity contribution in [3.8, 4) is 0 Å². The van der Waals surface area contributed by atoms with Crippen molar-refractivity contribution in [2.75, 3.05) is 26.7 Å². The second kappa shape index (κ2) is 5.50. The van der Waals surface area contributed by atoms with Crippen LogP contribution in [0, 0.1) is 5.92 Å². The third kappa shape index (κ3) is 3.00. The van der Waals surface area contributed by atoms with Crippen molar-refractivity contribution >= 4 is 0 Å². The molecule has 0 amide bonds. The van der Waals surface area contributed by atoms with E-state index in [2.05, 4.69) is 16.8 Å². The van der Waals surface area contributed by atoms with E-state index in [1.807, 2.05) is 0 Å². The normalized spacial score (nSPS) is 38.5. The highest BCUT2D eigenvalue weighted by Crippen LogP contribution is 2.36. The first kappa shape index (κ1) is 14.7. The van der Waals surface area contributed by atoms with E-state index in [-0.39, 0.29) is 12.5 Å². The molecule has 2 N–H and O–H groups in total. The molecule has 20 heavy (non-hydrogen) atoms. The lowest BCUT2D eigenvalue weighted by Gasteiger charge is -2.40. The van der Waals surface area contributed by atoms with Gasteiger partial charge in [0.05, 0.1) is 6.04 Å². The molecule has 1 heterocycles. The molecule has 3 nitrogen and oxygen atoms in total. The van der Waals surface area contributed by atoms with Crippen molar-refractivity contribution in [2.45, 2.75) is 62.6 Å². The Morgan fingerprint density at radius 1 is 1.25 bits per heavy atom. The van der Waals surface area contributed by atoms with Crippen LogP contribution < -0.4 is 5.73 Å². The number of nitrogens with zero attached hydrogens (tertiary/aromatic N) is 2. The topological polar surface area (TPSA) is 32.5 Å². The predicted octanol–water partition coefficient (Wildman–Crippen LogP) is 1.92. The molecule has 116 valence electrons. The summed E-state index contributed by atoms with van der Waals surface area (Å²) >= 11 is 0. The van der Waals surface area contributed by atoms with E-state index in [1.54, 1.807) is 0 Å². The van der Waals surface area contributed by atoms with E-state index in [9.17, 15) is 8.78 Å². The lowest BCUT2D eigenvalue weighted by Crippen LogP contribution is -2.58. The van der Waals surface area contributed by atoms with Crippen LogP contribution >= 0.6 is 0 Å². The number of hydrogen-bond acceptors (Lipinski definition) is 3. The quantitative estimate of drug-likeness (QED) is 0.857. The summed E-state index contributed by atoms with van der Waals surface area (Å²) in [6, 6.07) is -0.583. The maximum absolute atomic E-state index is 13.8. The van der Waals surface area contributed by atoms with E-state index in [0.29, 0.717) is 12.5 Å². The van der Waals surface area contributed by atoms with Gasteiger partial charge in [-0.25, -0.2) is 8.78 Å². The van der Waals surface area contributed by atoms with Crippen molar-refractivity contribution in [2.24, 2.45) is 11.7 Å². The highest BCUT2D eigenvalue weighted by molar-refractivity contribution is 4.99. The minimum absolute atomic E-state index is 0.0382. The number of hydrogen-bond donors (Lipinski definition) is 1.